The second-order valence-corrected chi connectivity index (χ2v) is 4.78. The molecule has 0 saturated heterocycles. The molecular formula is C20H18. The maximum absolute atomic E-state index is 4.00. The van der Waals surface area contributed by atoms with Crippen LogP contribution in [0.25, 0.3) is 38.5 Å². The molecule has 0 aliphatic heterocycles. The van der Waals surface area contributed by atoms with Crippen molar-refractivity contribution in [2.45, 2.75) is 0 Å². The highest BCUT2D eigenvalue weighted by Crippen LogP contribution is 1.95. The third kappa shape index (κ3) is 3.46. The van der Waals surface area contributed by atoms with E-state index in [0.717, 1.165) is 32.0 Å². The zero-order valence-corrected chi connectivity index (χ0v) is 11.6. The summed E-state index contributed by atoms with van der Waals surface area (Å²) in [7, 11) is 0. The zero-order valence-electron chi connectivity index (χ0n) is 11.6. The standard InChI is InChI=1S/C20H18/c1-15-9-11-17(3)19(13-15)7-5-6-8-20-14-16(2)10-12-18(20)4/h5-14H,1-4H2/b7-5+,8-6+. The van der Waals surface area contributed by atoms with Crippen LogP contribution in [0.5, 0.6) is 0 Å². The Morgan fingerprint density at radius 2 is 1.00 bits per heavy atom. The van der Waals surface area contributed by atoms with Crippen LogP contribution in [-0.4, -0.2) is 0 Å². The summed E-state index contributed by atoms with van der Waals surface area (Å²) < 4.78 is 0. The van der Waals surface area contributed by atoms with Crippen LogP contribution in [0.4, 0.5) is 0 Å². The van der Waals surface area contributed by atoms with Crippen LogP contribution < -0.4 is 20.9 Å². The lowest BCUT2D eigenvalue weighted by Crippen LogP contribution is -2.09. The van der Waals surface area contributed by atoms with E-state index in [1.54, 1.807) is 0 Å². The maximum Gasteiger partial charge on any atom is -0.0184 e. The van der Waals surface area contributed by atoms with Crippen LogP contribution in [0, 0.1) is 0 Å². The molecule has 0 fully saturated rings. The first-order valence-electron chi connectivity index (χ1n) is 6.47. The minimum atomic E-state index is 0.992. The lowest BCUT2D eigenvalue weighted by atomic mass is 10.1. The van der Waals surface area contributed by atoms with E-state index < -0.39 is 0 Å². The first kappa shape index (κ1) is 13.8. The highest BCUT2D eigenvalue weighted by Gasteiger charge is 1.88. The molecule has 0 unspecified atom stereocenters. The molecule has 0 bridgehead atoms. The molecule has 0 radical (unpaired) electrons. The summed E-state index contributed by atoms with van der Waals surface area (Å²) in [6.45, 7) is 15.9. The first-order chi connectivity index (χ1) is 9.56. The Morgan fingerprint density at radius 1 is 0.600 bits per heavy atom. The van der Waals surface area contributed by atoms with E-state index in [4.69, 9.17) is 0 Å². The van der Waals surface area contributed by atoms with Crippen molar-refractivity contribution in [3.63, 3.8) is 0 Å². The van der Waals surface area contributed by atoms with Crippen molar-refractivity contribution in [2.24, 2.45) is 0 Å². The van der Waals surface area contributed by atoms with Gasteiger partial charge < -0.3 is 0 Å². The Balaban J connectivity index is 2.23. The Kier molecular flexibility index (Phi) is 4.17. The molecule has 0 N–H and O–H groups in total. The van der Waals surface area contributed by atoms with Crippen LogP contribution in [0.1, 0.15) is 11.1 Å². The summed E-state index contributed by atoms with van der Waals surface area (Å²) in [5, 5.41) is 3.98. The third-order valence-corrected chi connectivity index (χ3v) is 3.08. The van der Waals surface area contributed by atoms with Gasteiger partial charge in [0.2, 0.25) is 0 Å². The van der Waals surface area contributed by atoms with Crippen molar-refractivity contribution < 1.29 is 0 Å². The summed E-state index contributed by atoms with van der Waals surface area (Å²) in [5.41, 5.74) is 2.17. The molecule has 0 aliphatic rings. The van der Waals surface area contributed by atoms with Crippen LogP contribution in [-0.2, 0) is 0 Å². The van der Waals surface area contributed by atoms with Crippen molar-refractivity contribution in [1.82, 2.24) is 0 Å². The van der Waals surface area contributed by atoms with Crippen molar-refractivity contribution >= 4 is 38.5 Å². The van der Waals surface area contributed by atoms with Crippen molar-refractivity contribution in [1.29, 1.82) is 0 Å². The van der Waals surface area contributed by atoms with Crippen molar-refractivity contribution in [3.8, 4) is 0 Å². The van der Waals surface area contributed by atoms with Gasteiger partial charge in [-0.3, -0.25) is 0 Å². The lowest BCUT2D eigenvalue weighted by molar-refractivity contribution is 1.52. The molecular weight excluding hydrogens is 240 g/mol. The normalized spacial score (nSPS) is 11.4. The molecule has 2 aromatic rings. The average molecular weight is 258 g/mol. The highest BCUT2D eigenvalue weighted by molar-refractivity contribution is 5.58. The maximum atomic E-state index is 4.00. The minimum absolute atomic E-state index is 0.992. The summed E-state index contributed by atoms with van der Waals surface area (Å²) in [6, 6.07) is 11.9. The van der Waals surface area contributed by atoms with Gasteiger partial charge in [0, 0.05) is 0 Å². The van der Waals surface area contributed by atoms with Gasteiger partial charge in [0.1, 0.15) is 0 Å². The van der Waals surface area contributed by atoms with Gasteiger partial charge in [-0.15, -0.1) is 0 Å². The van der Waals surface area contributed by atoms with Gasteiger partial charge in [-0.05, 0) is 44.1 Å². The Bertz CT molecular complexity index is 792. The van der Waals surface area contributed by atoms with E-state index in [-0.39, 0.29) is 0 Å². The largest absolute Gasteiger partial charge is 0.0917 e. The fourth-order valence-electron chi connectivity index (χ4n) is 1.92. The van der Waals surface area contributed by atoms with Gasteiger partial charge in [-0.2, -0.15) is 0 Å². The first-order valence-corrected chi connectivity index (χ1v) is 6.47. The molecule has 0 saturated carbocycles. The number of benzene rings is 2. The molecule has 20 heavy (non-hydrogen) atoms. The molecule has 0 aliphatic carbocycles. The molecule has 2 rings (SSSR count). The van der Waals surface area contributed by atoms with E-state index in [0.29, 0.717) is 0 Å². The van der Waals surface area contributed by atoms with Gasteiger partial charge in [0.15, 0.2) is 0 Å². The molecule has 0 amide bonds. The summed E-state index contributed by atoms with van der Waals surface area (Å²) >= 11 is 0. The second kappa shape index (κ2) is 6.03. The van der Waals surface area contributed by atoms with E-state index >= 15 is 0 Å². The average Bonchev–Trinajstić information content (AvgIpc) is 2.42. The van der Waals surface area contributed by atoms with Crippen LogP contribution in [0.3, 0.4) is 0 Å². The molecule has 98 valence electrons. The van der Waals surface area contributed by atoms with Gasteiger partial charge in [0.05, 0.1) is 0 Å². The van der Waals surface area contributed by atoms with E-state index in [2.05, 4.69) is 26.3 Å². The predicted octanol–water partition coefficient (Wildman–Crippen LogP) is 2.05. The number of rotatable bonds is 3. The van der Waals surface area contributed by atoms with Gasteiger partial charge in [0.25, 0.3) is 0 Å². The monoisotopic (exact) mass is 258 g/mol. The van der Waals surface area contributed by atoms with Crippen LogP contribution >= 0.6 is 0 Å². The fourth-order valence-corrected chi connectivity index (χ4v) is 1.92. The Morgan fingerprint density at radius 3 is 1.40 bits per heavy atom. The van der Waals surface area contributed by atoms with E-state index in [9.17, 15) is 0 Å². The molecule has 2 aromatic carbocycles. The topological polar surface area (TPSA) is 0 Å². The summed E-state index contributed by atoms with van der Waals surface area (Å²) in [5.74, 6) is 0. The summed E-state index contributed by atoms with van der Waals surface area (Å²) in [6.07, 6.45) is 8.06. The lowest BCUT2D eigenvalue weighted by Gasteiger charge is -1.94. The summed E-state index contributed by atoms with van der Waals surface area (Å²) in [4.78, 5) is 0. The van der Waals surface area contributed by atoms with Crippen LogP contribution in [0.2, 0.25) is 0 Å². The number of hydrogen-bond acceptors (Lipinski definition) is 0. The molecule has 0 nitrogen and oxygen atoms in total. The highest BCUT2D eigenvalue weighted by atomic mass is 13.9. The van der Waals surface area contributed by atoms with Gasteiger partial charge in [-0.25, -0.2) is 0 Å². The van der Waals surface area contributed by atoms with Gasteiger partial charge >= 0.3 is 0 Å². The molecule has 0 aromatic heterocycles. The fraction of sp³-hybridized carbons (Fsp3) is 0. The van der Waals surface area contributed by atoms with E-state index in [1.165, 1.54) is 0 Å². The second-order valence-electron chi connectivity index (χ2n) is 4.78. The molecule has 0 spiro atoms. The Labute approximate surface area is 119 Å². The third-order valence-electron chi connectivity index (χ3n) is 3.08. The van der Waals surface area contributed by atoms with Crippen molar-refractivity contribution in [2.75, 3.05) is 0 Å². The Hall–Kier alpha value is -2.60. The van der Waals surface area contributed by atoms with Crippen molar-refractivity contribution in [3.05, 3.63) is 80.6 Å². The molecule has 0 heterocycles. The molecule has 0 atom stereocenters. The SMILES string of the molecule is C=c1ccc(=C)c(/C=C/C=C/c2cc(=C)ccc2=C)c1. The minimum Gasteiger partial charge on any atom is -0.0917 e. The van der Waals surface area contributed by atoms with Gasteiger partial charge in [-0.1, -0.05) is 74.9 Å². The van der Waals surface area contributed by atoms with Crippen LogP contribution in [0.15, 0.2) is 48.6 Å². The quantitative estimate of drug-likeness (QED) is 0.739. The van der Waals surface area contributed by atoms with E-state index in [1.807, 2.05) is 60.7 Å². The number of allylic oxidation sites excluding steroid dienone is 2. The molecule has 0 heteroatoms. The zero-order chi connectivity index (χ0) is 14.5. The predicted molar refractivity (Wildman–Crippen MR) is 91.5 cm³/mol. The number of hydrogen-bond donors (Lipinski definition) is 0. The smallest absolute Gasteiger partial charge is 0.0184 e.